The highest BCUT2D eigenvalue weighted by molar-refractivity contribution is 5.90. The number of hydrogen-bond acceptors (Lipinski definition) is 4. The number of nitrogens with one attached hydrogen (secondary N) is 2. The first-order chi connectivity index (χ1) is 10.3. The van der Waals surface area contributed by atoms with Crippen molar-refractivity contribution in [1.82, 2.24) is 5.32 Å². The van der Waals surface area contributed by atoms with Crippen LogP contribution >= 0.6 is 0 Å². The van der Waals surface area contributed by atoms with Crippen molar-refractivity contribution in [2.45, 2.75) is 19.8 Å². The Bertz CT molecular complexity index is 428. The predicted octanol–water partition coefficient (Wildman–Crippen LogP) is 1.85. The van der Waals surface area contributed by atoms with Crippen LogP contribution in [0.2, 0.25) is 0 Å². The highest BCUT2D eigenvalue weighted by atomic mass is 16.5. The van der Waals surface area contributed by atoms with E-state index >= 15 is 0 Å². The van der Waals surface area contributed by atoms with Crippen molar-refractivity contribution in [2.24, 2.45) is 0 Å². The molecule has 1 amide bonds. The van der Waals surface area contributed by atoms with E-state index in [4.69, 9.17) is 4.74 Å². The number of ether oxygens (including phenoxy) is 1. The van der Waals surface area contributed by atoms with Crippen molar-refractivity contribution < 1.29 is 9.53 Å². The van der Waals surface area contributed by atoms with Gasteiger partial charge < -0.3 is 20.3 Å². The van der Waals surface area contributed by atoms with Crippen molar-refractivity contribution in [3.05, 3.63) is 24.3 Å². The molecule has 1 heterocycles. The second kappa shape index (κ2) is 8.64. The van der Waals surface area contributed by atoms with E-state index in [1.54, 1.807) is 0 Å². The van der Waals surface area contributed by atoms with Gasteiger partial charge in [-0.1, -0.05) is 6.92 Å². The fraction of sp³-hybridized carbons (Fsp3) is 0.562. The van der Waals surface area contributed by atoms with Gasteiger partial charge >= 0.3 is 0 Å². The van der Waals surface area contributed by atoms with E-state index < -0.39 is 0 Å². The van der Waals surface area contributed by atoms with Crippen molar-refractivity contribution in [2.75, 3.05) is 49.6 Å². The van der Waals surface area contributed by atoms with E-state index in [9.17, 15) is 4.79 Å². The van der Waals surface area contributed by atoms with E-state index in [1.165, 1.54) is 5.69 Å². The van der Waals surface area contributed by atoms with E-state index in [2.05, 4.69) is 34.6 Å². The lowest BCUT2D eigenvalue weighted by Crippen LogP contribution is -2.43. The minimum absolute atomic E-state index is 0.000950. The molecule has 0 spiro atoms. The summed E-state index contributed by atoms with van der Waals surface area (Å²) in [4.78, 5) is 14.1. The minimum Gasteiger partial charge on any atom is -0.381 e. The normalized spacial score (nSPS) is 15.0. The summed E-state index contributed by atoms with van der Waals surface area (Å²) in [5.74, 6) is 0.000950. The molecule has 1 saturated heterocycles. The average molecular weight is 291 g/mol. The number of amides is 1. The minimum atomic E-state index is 0.000950. The van der Waals surface area contributed by atoms with E-state index in [1.807, 2.05) is 12.1 Å². The summed E-state index contributed by atoms with van der Waals surface area (Å²) in [7, 11) is 0. The van der Waals surface area contributed by atoms with Crippen LogP contribution in [0.15, 0.2) is 24.3 Å². The van der Waals surface area contributed by atoms with Crippen molar-refractivity contribution in [1.29, 1.82) is 0 Å². The second-order valence-corrected chi connectivity index (χ2v) is 5.19. The zero-order valence-electron chi connectivity index (χ0n) is 12.7. The van der Waals surface area contributed by atoms with Gasteiger partial charge in [0.05, 0.1) is 13.0 Å². The molecule has 2 rings (SSSR count). The van der Waals surface area contributed by atoms with Crippen LogP contribution in [0.4, 0.5) is 11.4 Å². The van der Waals surface area contributed by atoms with Gasteiger partial charge in [0.2, 0.25) is 5.91 Å². The summed E-state index contributed by atoms with van der Waals surface area (Å²) < 4.78 is 5.32. The maximum absolute atomic E-state index is 11.8. The molecule has 0 bridgehead atoms. The molecular weight excluding hydrogens is 266 g/mol. The van der Waals surface area contributed by atoms with Crippen LogP contribution in [0, 0.1) is 0 Å². The Kier molecular flexibility index (Phi) is 6.50. The molecule has 5 nitrogen and oxygen atoms in total. The first kappa shape index (κ1) is 15.8. The molecule has 0 unspecified atom stereocenters. The zero-order chi connectivity index (χ0) is 14.9. The lowest BCUT2D eigenvalue weighted by atomic mass is 10.2. The van der Waals surface area contributed by atoms with Crippen LogP contribution < -0.4 is 15.5 Å². The lowest BCUT2D eigenvalue weighted by molar-refractivity contribution is -0.117. The van der Waals surface area contributed by atoms with Gasteiger partial charge in [0.25, 0.3) is 0 Å². The Morgan fingerprint density at radius 2 is 1.95 bits per heavy atom. The van der Waals surface area contributed by atoms with Crippen LogP contribution in [0.1, 0.15) is 19.8 Å². The van der Waals surface area contributed by atoms with E-state index in [0.29, 0.717) is 19.6 Å². The molecule has 0 atom stereocenters. The molecule has 21 heavy (non-hydrogen) atoms. The van der Waals surface area contributed by atoms with Crippen LogP contribution in [-0.4, -0.2) is 45.3 Å². The molecule has 0 saturated carbocycles. The average Bonchev–Trinajstić information content (AvgIpc) is 2.53. The number of carbonyl (C=O) groups excluding carboxylic acids is 1. The van der Waals surface area contributed by atoms with Crippen molar-refractivity contribution in [3.8, 4) is 0 Å². The predicted molar refractivity (Wildman–Crippen MR) is 85.9 cm³/mol. The number of carbonyl (C=O) groups is 1. The fourth-order valence-corrected chi connectivity index (χ4v) is 2.31. The number of rotatable bonds is 7. The largest absolute Gasteiger partial charge is 0.381 e. The van der Waals surface area contributed by atoms with Gasteiger partial charge in [0.1, 0.15) is 0 Å². The standard InChI is InChI=1S/C16H25N3O2/c1-2-12-21-13-7-16(20)18-14-3-5-15(6-4-14)19-10-8-17-9-11-19/h3-6,17H,2,7-13H2,1H3,(H,18,20). The topological polar surface area (TPSA) is 53.6 Å². The molecule has 1 aliphatic rings. The Morgan fingerprint density at radius 1 is 1.24 bits per heavy atom. The maximum atomic E-state index is 11.8. The van der Waals surface area contributed by atoms with E-state index in [-0.39, 0.29) is 5.91 Å². The second-order valence-electron chi connectivity index (χ2n) is 5.19. The summed E-state index contributed by atoms with van der Waals surface area (Å²) in [5, 5.41) is 6.24. The van der Waals surface area contributed by atoms with E-state index in [0.717, 1.165) is 38.3 Å². The summed E-state index contributed by atoms with van der Waals surface area (Å²) in [5.41, 5.74) is 2.05. The first-order valence-electron chi connectivity index (χ1n) is 7.73. The Morgan fingerprint density at radius 3 is 2.62 bits per heavy atom. The lowest BCUT2D eigenvalue weighted by Gasteiger charge is -2.29. The van der Waals surface area contributed by atoms with Crippen LogP contribution in [0.5, 0.6) is 0 Å². The molecule has 0 aromatic heterocycles. The molecule has 2 N–H and O–H groups in total. The molecule has 5 heteroatoms. The SMILES string of the molecule is CCCOCCC(=O)Nc1ccc(N2CCNCC2)cc1. The van der Waals surface area contributed by atoms with Gasteiger partial charge in [-0.05, 0) is 30.7 Å². The molecule has 1 fully saturated rings. The van der Waals surface area contributed by atoms with Gasteiger partial charge in [-0.3, -0.25) is 4.79 Å². The van der Waals surface area contributed by atoms with Gasteiger partial charge in [-0.2, -0.15) is 0 Å². The molecule has 0 radical (unpaired) electrons. The fourth-order valence-electron chi connectivity index (χ4n) is 2.31. The summed E-state index contributed by atoms with van der Waals surface area (Å²) >= 11 is 0. The highest BCUT2D eigenvalue weighted by Crippen LogP contribution is 2.18. The monoisotopic (exact) mass is 291 g/mol. The van der Waals surface area contributed by atoms with Crippen LogP contribution in [0.3, 0.4) is 0 Å². The molecular formula is C16H25N3O2. The number of anilines is 2. The summed E-state index contributed by atoms with van der Waals surface area (Å²) in [6.07, 6.45) is 1.38. The van der Waals surface area contributed by atoms with Crippen molar-refractivity contribution >= 4 is 17.3 Å². The smallest absolute Gasteiger partial charge is 0.226 e. The van der Waals surface area contributed by atoms with Crippen LogP contribution in [-0.2, 0) is 9.53 Å². The van der Waals surface area contributed by atoms with Gasteiger partial charge in [0.15, 0.2) is 0 Å². The molecule has 116 valence electrons. The number of piperazine rings is 1. The Labute approximate surface area is 126 Å². The third-order valence-electron chi connectivity index (χ3n) is 3.46. The zero-order valence-corrected chi connectivity index (χ0v) is 12.7. The molecule has 1 aliphatic heterocycles. The number of hydrogen-bond donors (Lipinski definition) is 2. The first-order valence-corrected chi connectivity index (χ1v) is 7.73. The molecule has 1 aromatic rings. The summed E-state index contributed by atoms with van der Waals surface area (Å²) in [6.45, 7) is 7.36. The third kappa shape index (κ3) is 5.36. The Hall–Kier alpha value is -1.59. The number of nitrogens with zero attached hydrogens (tertiary/aromatic N) is 1. The third-order valence-corrected chi connectivity index (χ3v) is 3.46. The molecule has 1 aromatic carbocycles. The molecule has 0 aliphatic carbocycles. The summed E-state index contributed by atoms with van der Waals surface area (Å²) in [6, 6.07) is 8.05. The highest BCUT2D eigenvalue weighted by Gasteiger charge is 2.10. The maximum Gasteiger partial charge on any atom is 0.226 e. The van der Waals surface area contributed by atoms with Gasteiger partial charge in [0, 0.05) is 44.2 Å². The number of benzene rings is 1. The van der Waals surface area contributed by atoms with Crippen molar-refractivity contribution in [3.63, 3.8) is 0 Å². The van der Waals surface area contributed by atoms with Gasteiger partial charge in [-0.25, -0.2) is 0 Å². The Balaban J connectivity index is 1.77. The van der Waals surface area contributed by atoms with Gasteiger partial charge in [-0.15, -0.1) is 0 Å². The van der Waals surface area contributed by atoms with Crippen LogP contribution in [0.25, 0.3) is 0 Å². The quantitative estimate of drug-likeness (QED) is 0.753.